The quantitative estimate of drug-likeness (QED) is 0.611. The molecule has 0 aliphatic rings. The topological polar surface area (TPSA) is 88.5 Å². The number of rotatable bonds is 5. The van der Waals surface area contributed by atoms with E-state index in [1.165, 1.54) is 29.7 Å². The first kappa shape index (κ1) is 21.6. The van der Waals surface area contributed by atoms with E-state index in [2.05, 4.69) is 5.32 Å². The van der Waals surface area contributed by atoms with Gasteiger partial charge in [0.2, 0.25) is 15.9 Å². The molecule has 1 atom stereocenters. The fourth-order valence-electron chi connectivity index (χ4n) is 2.93. The molecule has 1 heterocycles. The summed E-state index contributed by atoms with van der Waals surface area (Å²) in [6.07, 6.45) is 0.999. The average molecular weight is 474 g/mol. The Labute approximate surface area is 181 Å². The van der Waals surface area contributed by atoms with E-state index in [4.69, 9.17) is 23.2 Å². The number of fused-ring (bicyclic) bond motifs is 1. The number of hydrogen-bond donors (Lipinski definition) is 1. The maximum absolute atomic E-state index is 12.8. The minimum absolute atomic E-state index is 0.113. The number of amides is 1. The third-order valence-corrected chi connectivity index (χ3v) is 6.92. The molecule has 1 unspecified atom stereocenters. The van der Waals surface area contributed by atoms with Crippen molar-refractivity contribution >= 4 is 72.1 Å². The maximum Gasteiger partial charge on any atom is 0.307 e. The van der Waals surface area contributed by atoms with Gasteiger partial charge in [0, 0.05) is 22.8 Å². The highest BCUT2D eigenvalue weighted by atomic mass is 35.5. The normalized spacial score (nSPS) is 12.7. The van der Waals surface area contributed by atoms with E-state index in [0.29, 0.717) is 10.4 Å². The summed E-state index contributed by atoms with van der Waals surface area (Å²) in [6, 6.07) is 8.28. The van der Waals surface area contributed by atoms with Crippen molar-refractivity contribution in [2.24, 2.45) is 7.05 Å². The molecule has 0 fully saturated rings. The number of carbonyl (C=O) groups is 1. The number of nitrogens with zero attached hydrogens (tertiary/aromatic N) is 2. The van der Waals surface area contributed by atoms with Crippen molar-refractivity contribution in [3.63, 3.8) is 0 Å². The van der Waals surface area contributed by atoms with Gasteiger partial charge >= 0.3 is 4.87 Å². The third-order valence-electron chi connectivity index (χ3n) is 4.25. The number of anilines is 2. The molecule has 0 aliphatic carbocycles. The second-order valence-corrected chi connectivity index (χ2v) is 10.2. The predicted molar refractivity (Wildman–Crippen MR) is 119 cm³/mol. The molecule has 0 aliphatic heterocycles. The Kier molecular flexibility index (Phi) is 5.96. The zero-order valence-corrected chi connectivity index (χ0v) is 18.8. The van der Waals surface area contributed by atoms with Gasteiger partial charge in [-0.05, 0) is 43.3 Å². The summed E-state index contributed by atoms with van der Waals surface area (Å²) in [5.41, 5.74) is 1.38. The van der Waals surface area contributed by atoms with Crippen LogP contribution < -0.4 is 14.5 Å². The van der Waals surface area contributed by atoms with Gasteiger partial charge in [-0.2, -0.15) is 0 Å². The molecule has 11 heteroatoms. The zero-order chi connectivity index (χ0) is 21.5. The second kappa shape index (κ2) is 7.98. The Hall–Kier alpha value is -2.07. The summed E-state index contributed by atoms with van der Waals surface area (Å²) < 4.78 is 28.0. The highest BCUT2D eigenvalue weighted by Crippen LogP contribution is 2.29. The molecule has 1 amide bonds. The largest absolute Gasteiger partial charge is 0.324 e. The number of thiazole rings is 1. The van der Waals surface area contributed by atoms with Gasteiger partial charge in [-0.15, -0.1) is 0 Å². The lowest BCUT2D eigenvalue weighted by Gasteiger charge is -2.28. The van der Waals surface area contributed by atoms with Crippen molar-refractivity contribution in [2.45, 2.75) is 13.0 Å². The number of sulfonamides is 1. The maximum atomic E-state index is 12.8. The Bertz CT molecular complexity index is 1250. The molecule has 0 bridgehead atoms. The minimum Gasteiger partial charge on any atom is -0.324 e. The van der Waals surface area contributed by atoms with Gasteiger partial charge in [0.05, 0.1) is 22.2 Å². The molecule has 2 aromatic carbocycles. The SMILES string of the molecule is CC(C(=O)Nc1ccc2c(c1)sc(=O)n2C)N(c1cc(Cl)cc(Cl)c1)S(C)(=O)=O. The average Bonchev–Trinajstić information content (AvgIpc) is 2.86. The van der Waals surface area contributed by atoms with Gasteiger partial charge in [0.25, 0.3) is 0 Å². The number of hydrogen-bond acceptors (Lipinski definition) is 5. The first-order valence-corrected chi connectivity index (χ1v) is 11.8. The van der Waals surface area contributed by atoms with Crippen molar-refractivity contribution in [3.05, 3.63) is 56.1 Å². The van der Waals surface area contributed by atoms with Crippen LogP contribution in [0.5, 0.6) is 0 Å². The third kappa shape index (κ3) is 4.58. The van der Waals surface area contributed by atoms with Gasteiger partial charge < -0.3 is 9.88 Å². The molecule has 29 heavy (non-hydrogen) atoms. The van der Waals surface area contributed by atoms with Crippen LogP contribution in [-0.2, 0) is 21.9 Å². The lowest BCUT2D eigenvalue weighted by molar-refractivity contribution is -0.116. The predicted octanol–water partition coefficient (Wildman–Crippen LogP) is 3.70. The van der Waals surface area contributed by atoms with Crippen molar-refractivity contribution < 1.29 is 13.2 Å². The van der Waals surface area contributed by atoms with Crippen LogP contribution in [0.15, 0.2) is 41.2 Å². The van der Waals surface area contributed by atoms with Crippen molar-refractivity contribution in [2.75, 3.05) is 15.9 Å². The molecular formula is C18H17Cl2N3O4S2. The van der Waals surface area contributed by atoms with Crippen LogP contribution >= 0.6 is 34.5 Å². The Balaban J connectivity index is 1.93. The van der Waals surface area contributed by atoms with Gasteiger partial charge in [0.15, 0.2) is 0 Å². The molecule has 1 N–H and O–H groups in total. The fourth-order valence-corrected chi connectivity index (χ4v) is 5.53. The summed E-state index contributed by atoms with van der Waals surface area (Å²) in [5, 5.41) is 3.20. The lowest BCUT2D eigenvalue weighted by atomic mass is 10.2. The number of nitrogens with one attached hydrogen (secondary N) is 1. The molecule has 0 saturated heterocycles. The smallest absolute Gasteiger partial charge is 0.307 e. The van der Waals surface area contributed by atoms with Gasteiger partial charge in [-0.3, -0.25) is 13.9 Å². The lowest BCUT2D eigenvalue weighted by Crippen LogP contribution is -2.45. The van der Waals surface area contributed by atoms with Gasteiger partial charge in [-0.1, -0.05) is 34.5 Å². The highest BCUT2D eigenvalue weighted by Gasteiger charge is 2.29. The first-order chi connectivity index (χ1) is 13.5. The molecule has 0 saturated carbocycles. The fraction of sp³-hybridized carbons (Fsp3) is 0.222. The Morgan fingerprint density at radius 3 is 2.38 bits per heavy atom. The minimum atomic E-state index is -3.81. The van der Waals surface area contributed by atoms with Crippen molar-refractivity contribution in [3.8, 4) is 0 Å². The summed E-state index contributed by atoms with van der Waals surface area (Å²) in [6.45, 7) is 1.46. The summed E-state index contributed by atoms with van der Waals surface area (Å²) in [4.78, 5) is 24.5. The number of halogens is 2. The van der Waals surface area contributed by atoms with Crippen LogP contribution in [-0.4, -0.2) is 31.2 Å². The number of aryl methyl sites for hydroxylation is 1. The standard InChI is InChI=1S/C18H17Cl2N3O4S2/c1-10(23(29(3,26)27)14-7-11(19)6-12(20)8-14)17(24)21-13-4-5-15-16(9-13)28-18(25)22(15)2/h4-10H,1-3H3,(H,21,24). The van der Waals surface area contributed by atoms with E-state index in [1.807, 2.05) is 0 Å². The van der Waals surface area contributed by atoms with E-state index in [-0.39, 0.29) is 20.6 Å². The van der Waals surface area contributed by atoms with Crippen LogP contribution in [0.2, 0.25) is 10.0 Å². The number of benzene rings is 2. The van der Waals surface area contributed by atoms with Crippen LogP contribution in [0.25, 0.3) is 10.2 Å². The van der Waals surface area contributed by atoms with E-state index < -0.39 is 22.0 Å². The summed E-state index contributed by atoms with van der Waals surface area (Å²) in [5.74, 6) is -0.547. The monoisotopic (exact) mass is 473 g/mol. The Morgan fingerprint density at radius 2 is 1.79 bits per heavy atom. The van der Waals surface area contributed by atoms with E-state index in [9.17, 15) is 18.0 Å². The molecule has 0 radical (unpaired) electrons. The highest BCUT2D eigenvalue weighted by molar-refractivity contribution is 7.92. The van der Waals surface area contributed by atoms with Crippen LogP contribution in [0.3, 0.4) is 0 Å². The zero-order valence-electron chi connectivity index (χ0n) is 15.6. The van der Waals surface area contributed by atoms with Crippen molar-refractivity contribution in [1.82, 2.24) is 4.57 Å². The summed E-state index contributed by atoms with van der Waals surface area (Å²) >= 11 is 13.1. The molecule has 3 rings (SSSR count). The number of carbonyl (C=O) groups excluding carboxylic acids is 1. The Morgan fingerprint density at radius 1 is 1.17 bits per heavy atom. The van der Waals surface area contributed by atoms with E-state index in [0.717, 1.165) is 27.4 Å². The molecule has 1 aromatic heterocycles. The molecule has 7 nitrogen and oxygen atoms in total. The van der Waals surface area contributed by atoms with E-state index in [1.54, 1.807) is 25.2 Å². The second-order valence-electron chi connectivity index (χ2n) is 6.46. The number of aromatic nitrogens is 1. The van der Waals surface area contributed by atoms with Gasteiger partial charge in [-0.25, -0.2) is 8.42 Å². The van der Waals surface area contributed by atoms with Crippen LogP contribution in [0, 0.1) is 0 Å². The van der Waals surface area contributed by atoms with Crippen molar-refractivity contribution in [1.29, 1.82) is 0 Å². The van der Waals surface area contributed by atoms with E-state index >= 15 is 0 Å². The first-order valence-electron chi connectivity index (χ1n) is 8.33. The molecular weight excluding hydrogens is 457 g/mol. The molecule has 0 spiro atoms. The molecule has 154 valence electrons. The summed E-state index contributed by atoms with van der Waals surface area (Å²) in [7, 11) is -2.14. The van der Waals surface area contributed by atoms with Crippen LogP contribution in [0.4, 0.5) is 11.4 Å². The van der Waals surface area contributed by atoms with Crippen LogP contribution in [0.1, 0.15) is 6.92 Å². The molecule has 3 aromatic rings. The van der Waals surface area contributed by atoms with Gasteiger partial charge in [0.1, 0.15) is 6.04 Å².